The maximum Gasteiger partial charge on any atom is 0.319 e. The number of nitrogens with zero attached hydrogens (tertiary/aromatic N) is 1. The van der Waals surface area contributed by atoms with Crippen LogP contribution in [0, 0.1) is 0 Å². The van der Waals surface area contributed by atoms with Crippen molar-refractivity contribution < 1.29 is 19.0 Å². The van der Waals surface area contributed by atoms with Gasteiger partial charge in [-0.1, -0.05) is 17.7 Å². The topological polar surface area (TPSA) is 72.1 Å². The number of methoxy groups -OCH3 is 3. The van der Waals surface area contributed by atoms with Gasteiger partial charge in [-0.3, -0.25) is 0 Å². The summed E-state index contributed by atoms with van der Waals surface area (Å²) < 4.78 is 16.2. The number of halogens is 1. The summed E-state index contributed by atoms with van der Waals surface area (Å²) in [6.07, 6.45) is 3.89. The summed E-state index contributed by atoms with van der Waals surface area (Å²) >= 11 is 6.18. The van der Waals surface area contributed by atoms with E-state index in [9.17, 15) is 4.79 Å². The molecule has 3 atom stereocenters. The number of ether oxygens (including phenoxy) is 3. The molecule has 0 radical (unpaired) electrons. The van der Waals surface area contributed by atoms with Gasteiger partial charge in [-0.25, -0.2) is 4.79 Å². The SMILES string of the molecule is COc1ccc(NC(=O)NC2CCC3(c4ccc(OC)c(OC)c4)CCN(C)C3C2)cc1Cl. The van der Waals surface area contributed by atoms with E-state index in [0.29, 0.717) is 22.5 Å². The molecule has 1 aliphatic heterocycles. The number of carbonyl (C=O) groups excluding carboxylic acids is 1. The summed E-state index contributed by atoms with van der Waals surface area (Å²) in [5, 5.41) is 6.51. The molecular formula is C25H32ClN3O4. The average Bonchev–Trinajstić information content (AvgIpc) is 3.15. The second-order valence-corrected chi connectivity index (χ2v) is 9.30. The Labute approximate surface area is 200 Å². The van der Waals surface area contributed by atoms with Crippen LogP contribution in [0.2, 0.25) is 5.02 Å². The van der Waals surface area contributed by atoms with Crippen molar-refractivity contribution in [2.75, 3.05) is 40.2 Å². The van der Waals surface area contributed by atoms with E-state index in [0.717, 1.165) is 43.7 Å². The molecule has 4 rings (SSSR count). The minimum atomic E-state index is -0.222. The number of amides is 2. The number of urea groups is 1. The molecule has 0 spiro atoms. The fourth-order valence-electron chi connectivity index (χ4n) is 5.49. The normalized spacial score (nSPS) is 24.6. The molecule has 0 bridgehead atoms. The summed E-state index contributed by atoms with van der Waals surface area (Å²) in [5.74, 6) is 2.08. The highest BCUT2D eigenvalue weighted by Crippen LogP contribution is 2.49. The van der Waals surface area contributed by atoms with Crippen molar-refractivity contribution in [1.82, 2.24) is 10.2 Å². The molecule has 1 saturated heterocycles. The number of anilines is 1. The summed E-state index contributed by atoms with van der Waals surface area (Å²) in [5.41, 5.74) is 1.96. The summed E-state index contributed by atoms with van der Waals surface area (Å²) in [6.45, 7) is 1.03. The van der Waals surface area contributed by atoms with Crippen LogP contribution in [0.1, 0.15) is 31.2 Å². The minimum Gasteiger partial charge on any atom is -0.495 e. The van der Waals surface area contributed by atoms with Crippen molar-refractivity contribution in [2.24, 2.45) is 0 Å². The number of fused-ring (bicyclic) bond motifs is 1. The van der Waals surface area contributed by atoms with Crippen LogP contribution < -0.4 is 24.8 Å². The van der Waals surface area contributed by atoms with Gasteiger partial charge < -0.3 is 29.7 Å². The Balaban J connectivity index is 1.46. The lowest BCUT2D eigenvalue weighted by molar-refractivity contribution is 0.156. The highest BCUT2D eigenvalue weighted by molar-refractivity contribution is 6.32. The van der Waals surface area contributed by atoms with Gasteiger partial charge in [0.05, 0.1) is 26.4 Å². The fraction of sp³-hybridized carbons (Fsp3) is 0.480. The Morgan fingerprint density at radius 2 is 1.76 bits per heavy atom. The van der Waals surface area contributed by atoms with Crippen LogP contribution >= 0.6 is 11.6 Å². The van der Waals surface area contributed by atoms with Crippen LogP contribution in [0.25, 0.3) is 0 Å². The molecule has 1 saturated carbocycles. The summed E-state index contributed by atoms with van der Waals surface area (Å²) in [7, 11) is 7.07. The lowest BCUT2D eigenvalue weighted by Gasteiger charge is -2.45. The van der Waals surface area contributed by atoms with Crippen LogP contribution in [-0.4, -0.2) is 57.9 Å². The zero-order valence-electron chi connectivity index (χ0n) is 19.6. The molecule has 7 nitrogen and oxygen atoms in total. The third kappa shape index (κ3) is 4.57. The maximum absolute atomic E-state index is 12.7. The third-order valence-electron chi connectivity index (χ3n) is 7.23. The smallest absolute Gasteiger partial charge is 0.319 e. The van der Waals surface area contributed by atoms with E-state index in [1.165, 1.54) is 5.56 Å². The van der Waals surface area contributed by atoms with E-state index < -0.39 is 0 Å². The number of benzene rings is 2. The van der Waals surface area contributed by atoms with Crippen molar-refractivity contribution in [1.29, 1.82) is 0 Å². The molecule has 2 aliphatic rings. The molecule has 178 valence electrons. The maximum atomic E-state index is 12.7. The summed E-state index contributed by atoms with van der Waals surface area (Å²) in [4.78, 5) is 15.1. The monoisotopic (exact) mass is 473 g/mol. The lowest BCUT2D eigenvalue weighted by Crippen LogP contribution is -2.52. The first kappa shape index (κ1) is 23.5. The van der Waals surface area contributed by atoms with Gasteiger partial charge in [0, 0.05) is 23.2 Å². The molecule has 2 fully saturated rings. The van der Waals surface area contributed by atoms with Crippen LogP contribution in [0.3, 0.4) is 0 Å². The first-order valence-electron chi connectivity index (χ1n) is 11.2. The molecule has 8 heteroatoms. The zero-order valence-corrected chi connectivity index (χ0v) is 20.4. The van der Waals surface area contributed by atoms with Crippen molar-refractivity contribution in [3.05, 3.63) is 47.0 Å². The largest absolute Gasteiger partial charge is 0.495 e. The fourth-order valence-corrected chi connectivity index (χ4v) is 5.75. The molecule has 1 heterocycles. The molecule has 2 N–H and O–H groups in total. The van der Waals surface area contributed by atoms with Crippen molar-refractivity contribution in [3.63, 3.8) is 0 Å². The Kier molecular flexibility index (Phi) is 6.91. The second-order valence-electron chi connectivity index (χ2n) is 8.89. The van der Waals surface area contributed by atoms with Crippen molar-refractivity contribution in [2.45, 2.75) is 43.2 Å². The van der Waals surface area contributed by atoms with Gasteiger partial charge in [0.25, 0.3) is 0 Å². The molecule has 2 aromatic rings. The van der Waals surface area contributed by atoms with E-state index in [1.807, 2.05) is 6.07 Å². The van der Waals surface area contributed by atoms with Crippen LogP contribution in [0.4, 0.5) is 10.5 Å². The number of carbonyl (C=O) groups is 1. The number of rotatable bonds is 6. The van der Waals surface area contributed by atoms with E-state index in [2.05, 4.69) is 34.7 Å². The van der Waals surface area contributed by atoms with Gasteiger partial charge in [0.1, 0.15) is 5.75 Å². The van der Waals surface area contributed by atoms with Crippen LogP contribution in [-0.2, 0) is 5.41 Å². The third-order valence-corrected chi connectivity index (χ3v) is 7.53. The summed E-state index contributed by atoms with van der Waals surface area (Å²) in [6, 6.07) is 11.7. The quantitative estimate of drug-likeness (QED) is 0.637. The Hall–Kier alpha value is -2.64. The van der Waals surface area contributed by atoms with Gasteiger partial charge in [-0.05, 0) is 75.2 Å². The zero-order chi connectivity index (χ0) is 23.6. The molecular weight excluding hydrogens is 442 g/mol. The van der Waals surface area contributed by atoms with E-state index in [4.69, 9.17) is 25.8 Å². The predicted molar refractivity (Wildman–Crippen MR) is 130 cm³/mol. The second kappa shape index (κ2) is 9.69. The minimum absolute atomic E-state index is 0.0481. The van der Waals surface area contributed by atoms with E-state index in [-0.39, 0.29) is 17.5 Å². The molecule has 2 amide bonds. The van der Waals surface area contributed by atoms with Gasteiger partial charge in [0.15, 0.2) is 11.5 Å². The number of hydrogen-bond donors (Lipinski definition) is 2. The van der Waals surface area contributed by atoms with Crippen LogP contribution in [0.15, 0.2) is 36.4 Å². The van der Waals surface area contributed by atoms with Crippen molar-refractivity contribution in [3.8, 4) is 17.2 Å². The van der Waals surface area contributed by atoms with Gasteiger partial charge in [-0.15, -0.1) is 0 Å². The number of likely N-dealkylation sites (N-methyl/N-ethyl adjacent to an activating group) is 1. The molecule has 33 heavy (non-hydrogen) atoms. The lowest BCUT2D eigenvalue weighted by atomic mass is 9.65. The molecule has 2 aromatic carbocycles. The average molecular weight is 474 g/mol. The first-order chi connectivity index (χ1) is 15.9. The van der Waals surface area contributed by atoms with Gasteiger partial charge in [-0.2, -0.15) is 0 Å². The highest BCUT2D eigenvalue weighted by atomic mass is 35.5. The number of hydrogen-bond acceptors (Lipinski definition) is 5. The van der Waals surface area contributed by atoms with E-state index in [1.54, 1.807) is 39.5 Å². The highest BCUT2D eigenvalue weighted by Gasteiger charge is 2.50. The van der Waals surface area contributed by atoms with Crippen molar-refractivity contribution >= 4 is 23.3 Å². The first-order valence-corrected chi connectivity index (χ1v) is 11.6. The Morgan fingerprint density at radius 3 is 2.45 bits per heavy atom. The number of likely N-dealkylation sites (tertiary alicyclic amines) is 1. The predicted octanol–water partition coefficient (Wildman–Crippen LogP) is 4.68. The Morgan fingerprint density at radius 1 is 1.03 bits per heavy atom. The number of nitrogens with one attached hydrogen (secondary N) is 2. The van der Waals surface area contributed by atoms with Gasteiger partial charge in [0.2, 0.25) is 0 Å². The van der Waals surface area contributed by atoms with E-state index >= 15 is 0 Å². The standard InChI is InChI=1S/C25H32ClN3O4/c1-29-12-11-25(16-5-7-21(32-3)22(13-16)33-4)10-9-18(15-23(25)29)28-24(30)27-17-6-8-20(31-2)19(26)14-17/h5-8,13-14,18,23H,9-12,15H2,1-4H3,(H2,27,28,30). The Bertz CT molecular complexity index is 1020. The van der Waals surface area contributed by atoms with Gasteiger partial charge >= 0.3 is 6.03 Å². The molecule has 3 unspecified atom stereocenters. The molecule has 1 aliphatic carbocycles. The molecule has 0 aromatic heterocycles. The van der Waals surface area contributed by atoms with Crippen LogP contribution in [0.5, 0.6) is 17.2 Å².